The van der Waals surface area contributed by atoms with Gasteiger partial charge in [0.05, 0.1) is 0 Å². The van der Waals surface area contributed by atoms with Crippen molar-refractivity contribution < 1.29 is 0 Å². The fraction of sp³-hybridized carbons (Fsp3) is 0.538. The van der Waals surface area contributed by atoms with Gasteiger partial charge < -0.3 is 4.90 Å². The van der Waals surface area contributed by atoms with Gasteiger partial charge >= 0.3 is 0 Å². The molecule has 1 unspecified atom stereocenters. The quantitative estimate of drug-likeness (QED) is 0.654. The number of anilines is 1. The molecule has 0 aromatic heterocycles. The van der Waals surface area contributed by atoms with Crippen LogP contribution in [0.2, 0.25) is 0 Å². The number of benzene rings is 1. The predicted molar refractivity (Wildman–Crippen MR) is 61.7 cm³/mol. The molecule has 0 spiro atoms. The van der Waals surface area contributed by atoms with Crippen molar-refractivity contribution in [3.05, 3.63) is 30.3 Å². The second-order valence-corrected chi connectivity index (χ2v) is 4.23. The van der Waals surface area contributed by atoms with Crippen molar-refractivity contribution in [1.82, 2.24) is 0 Å². The van der Waals surface area contributed by atoms with Gasteiger partial charge in [0.2, 0.25) is 0 Å². The molecule has 0 bridgehead atoms. The Kier molecular flexibility index (Phi) is 3.07. The van der Waals surface area contributed by atoms with Crippen molar-refractivity contribution in [3.8, 4) is 0 Å². The zero-order chi connectivity index (χ0) is 9.80. The molecule has 0 N–H and O–H groups in total. The molecule has 1 heteroatoms. The number of hydrogen-bond acceptors (Lipinski definition) is 1. The lowest BCUT2D eigenvalue weighted by Gasteiger charge is -2.29. The molecule has 1 aliphatic rings. The van der Waals surface area contributed by atoms with Crippen LogP contribution in [0, 0.1) is 0 Å². The van der Waals surface area contributed by atoms with Crippen molar-refractivity contribution in [1.29, 1.82) is 0 Å². The number of nitrogens with zero attached hydrogens (tertiary/aromatic N) is 1. The summed E-state index contributed by atoms with van der Waals surface area (Å²) in [6.45, 7) is 3.57. The summed E-state index contributed by atoms with van der Waals surface area (Å²) in [5, 5.41) is 0. The van der Waals surface area contributed by atoms with E-state index < -0.39 is 0 Å². The van der Waals surface area contributed by atoms with Crippen LogP contribution in [0.1, 0.15) is 32.6 Å². The Hall–Kier alpha value is -0.980. The first kappa shape index (κ1) is 9.57. The zero-order valence-electron chi connectivity index (χ0n) is 8.95. The van der Waals surface area contributed by atoms with E-state index in [1.165, 1.54) is 37.9 Å². The molecule has 1 heterocycles. The normalized spacial score (nSPS) is 23.2. The Balaban J connectivity index is 2.15. The van der Waals surface area contributed by atoms with Crippen LogP contribution in [0.25, 0.3) is 0 Å². The van der Waals surface area contributed by atoms with Gasteiger partial charge in [-0.25, -0.2) is 0 Å². The Morgan fingerprint density at radius 1 is 1.07 bits per heavy atom. The maximum Gasteiger partial charge on any atom is 0.0368 e. The largest absolute Gasteiger partial charge is 0.369 e. The minimum Gasteiger partial charge on any atom is -0.369 e. The second-order valence-electron chi connectivity index (χ2n) is 4.23. The SMILES string of the molecule is CC1CCCCCN1c1ccccc1. The van der Waals surface area contributed by atoms with Crippen LogP contribution in [-0.2, 0) is 0 Å². The molecule has 1 aromatic carbocycles. The summed E-state index contributed by atoms with van der Waals surface area (Å²) in [7, 11) is 0. The maximum absolute atomic E-state index is 2.55. The highest BCUT2D eigenvalue weighted by molar-refractivity contribution is 5.46. The zero-order valence-corrected chi connectivity index (χ0v) is 8.95. The van der Waals surface area contributed by atoms with Crippen LogP contribution >= 0.6 is 0 Å². The minimum absolute atomic E-state index is 0.708. The molecule has 0 saturated carbocycles. The number of hydrogen-bond donors (Lipinski definition) is 0. The molecular formula is C13H19N. The van der Waals surface area contributed by atoms with Crippen molar-refractivity contribution >= 4 is 5.69 Å². The van der Waals surface area contributed by atoms with E-state index in [0.717, 1.165) is 0 Å². The van der Waals surface area contributed by atoms with Crippen molar-refractivity contribution in [2.24, 2.45) is 0 Å². The summed E-state index contributed by atoms with van der Waals surface area (Å²) in [6.07, 6.45) is 5.48. The van der Waals surface area contributed by atoms with E-state index in [4.69, 9.17) is 0 Å². The highest BCUT2D eigenvalue weighted by atomic mass is 15.2. The van der Waals surface area contributed by atoms with Crippen LogP contribution in [-0.4, -0.2) is 12.6 Å². The first-order chi connectivity index (χ1) is 6.88. The summed E-state index contributed by atoms with van der Waals surface area (Å²) < 4.78 is 0. The standard InChI is InChI=1S/C13H19N/c1-12-8-4-3-7-11-14(12)13-9-5-2-6-10-13/h2,5-6,9-10,12H,3-4,7-8,11H2,1H3. The van der Waals surface area contributed by atoms with Crippen LogP contribution < -0.4 is 4.90 Å². The first-order valence-electron chi connectivity index (χ1n) is 5.69. The fourth-order valence-corrected chi connectivity index (χ4v) is 2.28. The second kappa shape index (κ2) is 4.50. The van der Waals surface area contributed by atoms with E-state index in [-0.39, 0.29) is 0 Å². The van der Waals surface area contributed by atoms with E-state index in [1.807, 2.05) is 0 Å². The Labute approximate surface area is 86.7 Å². The van der Waals surface area contributed by atoms with Gasteiger partial charge in [-0.15, -0.1) is 0 Å². The molecule has 0 amide bonds. The van der Waals surface area contributed by atoms with Crippen molar-refractivity contribution in [2.45, 2.75) is 38.6 Å². The third-order valence-corrected chi connectivity index (χ3v) is 3.14. The first-order valence-corrected chi connectivity index (χ1v) is 5.69. The molecule has 1 aromatic rings. The van der Waals surface area contributed by atoms with Gasteiger partial charge in [0, 0.05) is 18.3 Å². The lowest BCUT2D eigenvalue weighted by Crippen LogP contribution is -2.32. The lowest BCUT2D eigenvalue weighted by molar-refractivity contribution is 0.616. The number of rotatable bonds is 1. The summed E-state index contributed by atoms with van der Waals surface area (Å²) >= 11 is 0. The summed E-state index contributed by atoms with van der Waals surface area (Å²) in [4.78, 5) is 2.55. The molecule has 0 radical (unpaired) electrons. The van der Waals surface area contributed by atoms with Gasteiger partial charge in [0.25, 0.3) is 0 Å². The van der Waals surface area contributed by atoms with Crippen LogP contribution in [0.5, 0.6) is 0 Å². The van der Waals surface area contributed by atoms with Crippen LogP contribution in [0.4, 0.5) is 5.69 Å². The van der Waals surface area contributed by atoms with E-state index in [9.17, 15) is 0 Å². The smallest absolute Gasteiger partial charge is 0.0368 e. The van der Waals surface area contributed by atoms with E-state index >= 15 is 0 Å². The average Bonchev–Trinajstić information content (AvgIpc) is 2.44. The maximum atomic E-state index is 2.55. The third kappa shape index (κ3) is 2.09. The Bertz CT molecular complexity index is 268. The summed E-state index contributed by atoms with van der Waals surface area (Å²) in [6, 6.07) is 11.5. The molecule has 76 valence electrons. The van der Waals surface area contributed by atoms with E-state index in [2.05, 4.69) is 42.2 Å². The monoisotopic (exact) mass is 189 g/mol. The van der Waals surface area contributed by atoms with Gasteiger partial charge in [0.1, 0.15) is 0 Å². The van der Waals surface area contributed by atoms with Crippen LogP contribution in [0.15, 0.2) is 30.3 Å². The summed E-state index contributed by atoms with van der Waals surface area (Å²) in [5.74, 6) is 0. The molecule has 2 rings (SSSR count). The molecule has 0 aliphatic carbocycles. The van der Waals surface area contributed by atoms with E-state index in [0.29, 0.717) is 6.04 Å². The molecule has 1 nitrogen and oxygen atoms in total. The van der Waals surface area contributed by atoms with Gasteiger partial charge in [-0.1, -0.05) is 31.0 Å². The topological polar surface area (TPSA) is 3.24 Å². The van der Waals surface area contributed by atoms with Crippen LogP contribution in [0.3, 0.4) is 0 Å². The van der Waals surface area contributed by atoms with Gasteiger partial charge in [-0.3, -0.25) is 0 Å². The van der Waals surface area contributed by atoms with Gasteiger partial charge in [-0.2, -0.15) is 0 Å². The number of para-hydroxylation sites is 1. The molecule has 1 aliphatic heterocycles. The average molecular weight is 189 g/mol. The molecule has 14 heavy (non-hydrogen) atoms. The molecule has 1 saturated heterocycles. The molecule has 1 fully saturated rings. The fourth-order valence-electron chi connectivity index (χ4n) is 2.28. The highest BCUT2D eigenvalue weighted by Gasteiger charge is 2.16. The molecule has 1 atom stereocenters. The van der Waals surface area contributed by atoms with Crippen molar-refractivity contribution in [3.63, 3.8) is 0 Å². The lowest BCUT2D eigenvalue weighted by atomic mass is 10.1. The molecular weight excluding hydrogens is 170 g/mol. The minimum atomic E-state index is 0.708. The Morgan fingerprint density at radius 3 is 2.64 bits per heavy atom. The predicted octanol–water partition coefficient (Wildman–Crippen LogP) is 3.46. The van der Waals surface area contributed by atoms with Gasteiger partial charge in [-0.05, 0) is 31.9 Å². The summed E-state index contributed by atoms with van der Waals surface area (Å²) in [5.41, 5.74) is 1.39. The highest BCUT2D eigenvalue weighted by Crippen LogP contribution is 2.23. The van der Waals surface area contributed by atoms with Gasteiger partial charge in [0.15, 0.2) is 0 Å². The third-order valence-electron chi connectivity index (χ3n) is 3.14. The van der Waals surface area contributed by atoms with Crippen molar-refractivity contribution in [2.75, 3.05) is 11.4 Å². The van der Waals surface area contributed by atoms with E-state index in [1.54, 1.807) is 0 Å². The Morgan fingerprint density at radius 2 is 1.86 bits per heavy atom.